The van der Waals surface area contributed by atoms with Crippen LogP contribution in [0.2, 0.25) is 0 Å². The van der Waals surface area contributed by atoms with Crippen LogP contribution in [0.1, 0.15) is 32.4 Å². The average molecular weight is 238 g/mol. The summed E-state index contributed by atoms with van der Waals surface area (Å²) in [6, 6.07) is 5.39. The van der Waals surface area contributed by atoms with E-state index in [-0.39, 0.29) is 23.7 Å². The number of benzene rings is 1. The third-order valence-electron chi connectivity index (χ3n) is 2.73. The van der Waals surface area contributed by atoms with Gasteiger partial charge in [-0.2, -0.15) is 0 Å². The van der Waals surface area contributed by atoms with E-state index in [0.29, 0.717) is 0 Å². The molecule has 94 valence electrons. The third kappa shape index (κ3) is 3.82. The summed E-state index contributed by atoms with van der Waals surface area (Å²) in [4.78, 5) is 11.7. The first-order valence-electron chi connectivity index (χ1n) is 5.73. The Bertz CT molecular complexity index is 393. The number of hydrogen-bond acceptors (Lipinski definition) is 2. The molecule has 0 aromatic heterocycles. The smallest absolute Gasteiger partial charge is 0.237 e. The molecule has 3 nitrogen and oxygen atoms in total. The lowest BCUT2D eigenvalue weighted by Gasteiger charge is -2.20. The Labute approximate surface area is 101 Å². The summed E-state index contributed by atoms with van der Waals surface area (Å²) in [7, 11) is 0. The van der Waals surface area contributed by atoms with Crippen LogP contribution in [0.5, 0.6) is 0 Å². The van der Waals surface area contributed by atoms with Gasteiger partial charge >= 0.3 is 0 Å². The van der Waals surface area contributed by atoms with Crippen molar-refractivity contribution in [2.75, 3.05) is 0 Å². The molecule has 1 amide bonds. The van der Waals surface area contributed by atoms with Gasteiger partial charge < -0.3 is 11.1 Å². The summed E-state index contributed by atoms with van der Waals surface area (Å²) in [5.74, 6) is -0.441. The van der Waals surface area contributed by atoms with Gasteiger partial charge in [0.05, 0.1) is 12.1 Å². The summed E-state index contributed by atoms with van der Waals surface area (Å²) in [6.45, 7) is 5.58. The number of rotatable bonds is 4. The van der Waals surface area contributed by atoms with Crippen LogP contribution < -0.4 is 11.1 Å². The van der Waals surface area contributed by atoms with Gasteiger partial charge in [-0.25, -0.2) is 4.39 Å². The summed E-state index contributed by atoms with van der Waals surface area (Å²) in [6.07, 6.45) is 0. The van der Waals surface area contributed by atoms with Gasteiger partial charge in [0.1, 0.15) is 5.82 Å². The summed E-state index contributed by atoms with van der Waals surface area (Å²) >= 11 is 0. The quantitative estimate of drug-likeness (QED) is 0.842. The number of hydrogen-bond donors (Lipinski definition) is 2. The van der Waals surface area contributed by atoms with Crippen molar-refractivity contribution >= 4 is 5.91 Å². The molecule has 3 N–H and O–H groups in total. The zero-order valence-corrected chi connectivity index (χ0v) is 10.4. The molecule has 0 unspecified atom stereocenters. The van der Waals surface area contributed by atoms with E-state index in [1.54, 1.807) is 19.1 Å². The third-order valence-corrected chi connectivity index (χ3v) is 2.73. The van der Waals surface area contributed by atoms with Gasteiger partial charge in [-0.1, -0.05) is 26.0 Å². The van der Waals surface area contributed by atoms with Crippen molar-refractivity contribution in [2.24, 2.45) is 11.7 Å². The highest BCUT2D eigenvalue weighted by Gasteiger charge is 2.19. The number of carbonyl (C=O) groups excluding carboxylic acids is 1. The van der Waals surface area contributed by atoms with Gasteiger partial charge in [-0.3, -0.25) is 4.79 Å². The van der Waals surface area contributed by atoms with Gasteiger partial charge in [-0.05, 0) is 30.5 Å². The van der Waals surface area contributed by atoms with E-state index in [9.17, 15) is 9.18 Å². The Morgan fingerprint density at radius 1 is 1.35 bits per heavy atom. The zero-order valence-electron chi connectivity index (χ0n) is 10.4. The van der Waals surface area contributed by atoms with Crippen LogP contribution in [0.25, 0.3) is 0 Å². The Morgan fingerprint density at radius 2 is 2.00 bits per heavy atom. The minimum atomic E-state index is -0.536. The van der Waals surface area contributed by atoms with Gasteiger partial charge in [0.2, 0.25) is 5.91 Å². The Balaban J connectivity index is 2.66. The topological polar surface area (TPSA) is 55.1 Å². The first-order chi connectivity index (χ1) is 7.91. The second-order valence-corrected chi connectivity index (χ2v) is 4.56. The highest BCUT2D eigenvalue weighted by atomic mass is 19.1. The fourth-order valence-corrected chi connectivity index (χ4v) is 1.47. The fourth-order valence-electron chi connectivity index (χ4n) is 1.47. The average Bonchev–Trinajstić information content (AvgIpc) is 2.27. The Kier molecular flexibility index (Phi) is 4.63. The van der Waals surface area contributed by atoms with E-state index in [4.69, 9.17) is 5.73 Å². The van der Waals surface area contributed by atoms with E-state index in [1.165, 1.54) is 12.1 Å². The zero-order chi connectivity index (χ0) is 13.0. The predicted octanol–water partition coefficient (Wildman–Crippen LogP) is 1.99. The molecule has 0 heterocycles. The Morgan fingerprint density at radius 3 is 2.53 bits per heavy atom. The standard InChI is InChI=1S/C13H19FN2O/c1-8(2)12(15)13(17)16-9(3)10-5-4-6-11(14)7-10/h4-9,12H,15H2,1-3H3,(H,16,17)/t9-,12-/m0/s1. The first kappa shape index (κ1) is 13.6. The summed E-state index contributed by atoms with van der Waals surface area (Å²) in [5.41, 5.74) is 6.46. The van der Waals surface area contributed by atoms with E-state index in [0.717, 1.165) is 5.56 Å². The molecule has 17 heavy (non-hydrogen) atoms. The van der Waals surface area contributed by atoms with E-state index in [1.807, 2.05) is 13.8 Å². The van der Waals surface area contributed by atoms with Crippen molar-refractivity contribution in [3.63, 3.8) is 0 Å². The Hall–Kier alpha value is -1.42. The molecule has 0 fully saturated rings. The highest BCUT2D eigenvalue weighted by Crippen LogP contribution is 2.13. The van der Waals surface area contributed by atoms with Crippen LogP contribution in [0, 0.1) is 11.7 Å². The number of carbonyl (C=O) groups is 1. The highest BCUT2D eigenvalue weighted by molar-refractivity contribution is 5.82. The van der Waals surface area contributed by atoms with Crippen molar-refractivity contribution in [1.29, 1.82) is 0 Å². The molecule has 2 atom stereocenters. The molecule has 1 rings (SSSR count). The number of halogens is 1. The number of amides is 1. The lowest BCUT2D eigenvalue weighted by Crippen LogP contribution is -2.44. The van der Waals surface area contributed by atoms with Crippen LogP contribution in [-0.4, -0.2) is 11.9 Å². The lowest BCUT2D eigenvalue weighted by atomic mass is 10.0. The maximum absolute atomic E-state index is 13.0. The molecule has 0 aliphatic heterocycles. The molecule has 0 radical (unpaired) electrons. The fraction of sp³-hybridized carbons (Fsp3) is 0.462. The molecule has 0 saturated carbocycles. The molecule has 0 saturated heterocycles. The largest absolute Gasteiger partial charge is 0.348 e. The minimum absolute atomic E-state index is 0.0784. The molecule has 1 aromatic carbocycles. The van der Waals surface area contributed by atoms with Crippen LogP contribution in [-0.2, 0) is 4.79 Å². The maximum Gasteiger partial charge on any atom is 0.237 e. The summed E-state index contributed by atoms with van der Waals surface area (Å²) in [5, 5.41) is 2.77. The first-order valence-corrected chi connectivity index (χ1v) is 5.73. The van der Waals surface area contributed by atoms with Crippen molar-refractivity contribution < 1.29 is 9.18 Å². The molecule has 0 aliphatic rings. The van der Waals surface area contributed by atoms with E-state index < -0.39 is 6.04 Å². The second kappa shape index (κ2) is 5.77. The lowest BCUT2D eigenvalue weighted by molar-refractivity contribution is -0.123. The van der Waals surface area contributed by atoms with Crippen molar-refractivity contribution in [3.8, 4) is 0 Å². The summed E-state index contributed by atoms with van der Waals surface area (Å²) < 4.78 is 13.0. The predicted molar refractivity (Wildman–Crippen MR) is 65.8 cm³/mol. The molecular weight excluding hydrogens is 219 g/mol. The van der Waals surface area contributed by atoms with Crippen LogP contribution >= 0.6 is 0 Å². The van der Waals surface area contributed by atoms with E-state index in [2.05, 4.69) is 5.32 Å². The van der Waals surface area contributed by atoms with Crippen LogP contribution in [0.3, 0.4) is 0 Å². The SMILES string of the molecule is CC(C)[C@H](N)C(=O)N[C@@H](C)c1cccc(F)c1. The molecule has 1 aromatic rings. The van der Waals surface area contributed by atoms with Crippen molar-refractivity contribution in [1.82, 2.24) is 5.32 Å². The van der Waals surface area contributed by atoms with Gasteiger partial charge in [0.25, 0.3) is 0 Å². The van der Waals surface area contributed by atoms with Gasteiger partial charge in [-0.15, -0.1) is 0 Å². The van der Waals surface area contributed by atoms with Crippen molar-refractivity contribution in [2.45, 2.75) is 32.9 Å². The van der Waals surface area contributed by atoms with Crippen LogP contribution in [0.15, 0.2) is 24.3 Å². The van der Waals surface area contributed by atoms with Crippen LogP contribution in [0.4, 0.5) is 4.39 Å². The minimum Gasteiger partial charge on any atom is -0.348 e. The molecule has 4 heteroatoms. The van der Waals surface area contributed by atoms with Gasteiger partial charge in [0, 0.05) is 0 Å². The molecule has 0 aliphatic carbocycles. The van der Waals surface area contributed by atoms with Crippen molar-refractivity contribution in [3.05, 3.63) is 35.6 Å². The maximum atomic E-state index is 13.0. The number of nitrogens with one attached hydrogen (secondary N) is 1. The normalized spacial score (nSPS) is 14.5. The second-order valence-electron chi connectivity index (χ2n) is 4.56. The molecule has 0 spiro atoms. The number of nitrogens with two attached hydrogens (primary N) is 1. The molecule has 0 bridgehead atoms. The molecular formula is C13H19FN2O. The van der Waals surface area contributed by atoms with Gasteiger partial charge in [0.15, 0.2) is 0 Å². The van der Waals surface area contributed by atoms with E-state index >= 15 is 0 Å². The monoisotopic (exact) mass is 238 g/mol.